The van der Waals surface area contributed by atoms with E-state index in [4.69, 9.17) is 0 Å². The van der Waals surface area contributed by atoms with E-state index < -0.39 is 0 Å². The molecule has 6 nitrogen and oxygen atoms in total. The van der Waals surface area contributed by atoms with Crippen LogP contribution in [0, 0.1) is 6.92 Å². The van der Waals surface area contributed by atoms with E-state index in [0.717, 1.165) is 48.3 Å². The molecular weight excluding hydrogens is 480 g/mol. The van der Waals surface area contributed by atoms with Gasteiger partial charge in [0.2, 0.25) is 0 Å². The minimum atomic E-state index is 0.793. The van der Waals surface area contributed by atoms with Gasteiger partial charge in [0, 0.05) is 36.5 Å². The summed E-state index contributed by atoms with van der Waals surface area (Å²) in [5, 5.41) is 3.48. The van der Waals surface area contributed by atoms with Crippen LogP contribution in [0.2, 0.25) is 0 Å². The molecule has 2 aliphatic rings. The third-order valence-electron chi connectivity index (χ3n) is 6.90. The number of pyridine rings is 3. The van der Waals surface area contributed by atoms with Gasteiger partial charge >= 0.3 is 0 Å². The Balaban J connectivity index is 1.32. The zero-order valence-corrected chi connectivity index (χ0v) is 21.9. The first-order chi connectivity index (χ1) is 19.3. The molecular formula is C33H30N6. The van der Waals surface area contributed by atoms with Crippen LogP contribution in [0.5, 0.6) is 0 Å². The van der Waals surface area contributed by atoms with E-state index in [1.165, 1.54) is 22.4 Å². The van der Waals surface area contributed by atoms with Crippen molar-refractivity contribution in [3.63, 3.8) is 0 Å². The first-order valence-corrected chi connectivity index (χ1v) is 13.2. The summed E-state index contributed by atoms with van der Waals surface area (Å²) >= 11 is 0. The van der Waals surface area contributed by atoms with Crippen LogP contribution < -0.4 is 15.1 Å². The van der Waals surface area contributed by atoms with Crippen LogP contribution in [0.3, 0.4) is 0 Å². The second-order valence-electron chi connectivity index (χ2n) is 9.44. The lowest BCUT2D eigenvalue weighted by Gasteiger charge is -2.29. The molecule has 0 spiro atoms. The summed E-state index contributed by atoms with van der Waals surface area (Å²) in [6.07, 6.45) is 18.0. The normalized spacial score (nSPS) is 14.5. The predicted octanol–water partition coefficient (Wildman–Crippen LogP) is 7.22. The van der Waals surface area contributed by atoms with Crippen LogP contribution in [0.15, 0.2) is 133 Å². The monoisotopic (exact) mass is 510 g/mol. The number of aromatic nitrogens is 3. The predicted molar refractivity (Wildman–Crippen MR) is 159 cm³/mol. The average molecular weight is 511 g/mol. The maximum Gasteiger partial charge on any atom is 0.138 e. The van der Waals surface area contributed by atoms with Crippen LogP contribution in [-0.2, 0) is 0 Å². The minimum Gasteiger partial charge on any atom is -0.368 e. The topological polar surface area (TPSA) is 57.2 Å². The Morgan fingerprint density at radius 1 is 0.692 bits per heavy atom. The third-order valence-corrected chi connectivity index (χ3v) is 6.90. The molecule has 0 bridgehead atoms. The molecule has 0 radical (unpaired) electrons. The van der Waals surface area contributed by atoms with Gasteiger partial charge in [0.1, 0.15) is 23.3 Å². The second-order valence-corrected chi connectivity index (χ2v) is 9.44. The molecule has 0 atom stereocenters. The number of rotatable bonds is 7. The first-order valence-electron chi connectivity index (χ1n) is 13.2. The summed E-state index contributed by atoms with van der Waals surface area (Å²) < 4.78 is 0. The number of allylic oxidation sites excluding steroid dienone is 6. The summed E-state index contributed by atoms with van der Waals surface area (Å²) in [7, 11) is 0. The lowest BCUT2D eigenvalue weighted by Crippen LogP contribution is -2.30. The first kappa shape index (κ1) is 24.4. The zero-order chi connectivity index (χ0) is 26.4. The Morgan fingerprint density at radius 2 is 1.36 bits per heavy atom. The highest BCUT2D eigenvalue weighted by Gasteiger charge is 2.21. The van der Waals surface area contributed by atoms with Gasteiger partial charge in [0.05, 0.1) is 0 Å². The molecule has 6 rings (SSSR count). The maximum absolute atomic E-state index is 4.63. The number of dihydropyridines is 1. The highest BCUT2D eigenvalue weighted by molar-refractivity contribution is 5.76. The van der Waals surface area contributed by atoms with Crippen molar-refractivity contribution >= 4 is 28.7 Å². The highest BCUT2D eigenvalue weighted by Crippen LogP contribution is 2.37. The van der Waals surface area contributed by atoms with Crippen molar-refractivity contribution in [2.24, 2.45) is 0 Å². The fourth-order valence-corrected chi connectivity index (χ4v) is 5.05. The molecule has 0 amide bonds. The summed E-state index contributed by atoms with van der Waals surface area (Å²) in [6.45, 7) is 2.98. The van der Waals surface area contributed by atoms with Crippen molar-refractivity contribution in [3.8, 4) is 0 Å². The van der Waals surface area contributed by atoms with Crippen LogP contribution >= 0.6 is 0 Å². The van der Waals surface area contributed by atoms with E-state index in [1.54, 1.807) is 0 Å². The van der Waals surface area contributed by atoms with Gasteiger partial charge in [0.25, 0.3) is 0 Å². The number of anilines is 4. The van der Waals surface area contributed by atoms with Crippen LogP contribution in [0.4, 0.5) is 23.1 Å². The second kappa shape index (κ2) is 11.2. The quantitative estimate of drug-likeness (QED) is 0.283. The van der Waals surface area contributed by atoms with Crippen molar-refractivity contribution in [2.45, 2.75) is 19.8 Å². The molecule has 0 saturated carbocycles. The van der Waals surface area contributed by atoms with Gasteiger partial charge in [-0.3, -0.25) is 9.80 Å². The van der Waals surface area contributed by atoms with E-state index >= 15 is 0 Å². The van der Waals surface area contributed by atoms with E-state index in [2.05, 4.69) is 85.6 Å². The number of benzene rings is 1. The number of hydrogen-bond acceptors (Lipinski definition) is 6. The molecule has 4 aromatic rings. The molecule has 1 aliphatic heterocycles. The summed E-state index contributed by atoms with van der Waals surface area (Å²) in [5.74, 6) is 3.63. The lowest BCUT2D eigenvalue weighted by atomic mass is 9.92. The Hall–Kier alpha value is -4.97. The number of nitrogens with zero attached hydrogens (tertiary/aromatic N) is 5. The molecule has 6 heteroatoms. The Kier molecular flexibility index (Phi) is 6.99. The molecule has 0 fully saturated rings. The van der Waals surface area contributed by atoms with E-state index in [0.29, 0.717) is 0 Å². The Morgan fingerprint density at radius 3 is 1.87 bits per heavy atom. The van der Waals surface area contributed by atoms with Gasteiger partial charge in [-0.05, 0) is 97.1 Å². The molecule has 3 aromatic heterocycles. The van der Waals surface area contributed by atoms with Gasteiger partial charge in [-0.25, -0.2) is 15.0 Å². The summed E-state index contributed by atoms with van der Waals surface area (Å²) in [4.78, 5) is 18.2. The van der Waals surface area contributed by atoms with Crippen molar-refractivity contribution < 1.29 is 0 Å². The van der Waals surface area contributed by atoms with Gasteiger partial charge in [-0.1, -0.05) is 42.5 Å². The molecule has 0 saturated heterocycles. The van der Waals surface area contributed by atoms with Crippen LogP contribution in [0.25, 0.3) is 5.57 Å². The Labute approximate surface area is 229 Å². The minimum absolute atomic E-state index is 0.793. The number of aryl methyl sites for hydroxylation is 1. The number of hydrogen-bond donors (Lipinski definition) is 1. The molecule has 0 unspecified atom stereocenters. The highest BCUT2D eigenvalue weighted by atomic mass is 15.3. The molecule has 39 heavy (non-hydrogen) atoms. The Bertz CT molecular complexity index is 1520. The third kappa shape index (κ3) is 5.22. The number of nitrogens with one attached hydrogen (secondary N) is 1. The van der Waals surface area contributed by atoms with Crippen molar-refractivity contribution in [1.29, 1.82) is 0 Å². The molecule has 1 aromatic carbocycles. The largest absolute Gasteiger partial charge is 0.368 e. The summed E-state index contributed by atoms with van der Waals surface area (Å²) in [5.41, 5.74) is 6.08. The fraction of sp³-hybridized carbons (Fsp3) is 0.121. The molecule has 4 heterocycles. The fourth-order valence-electron chi connectivity index (χ4n) is 5.05. The van der Waals surface area contributed by atoms with E-state index in [1.807, 2.05) is 73.2 Å². The van der Waals surface area contributed by atoms with Crippen molar-refractivity contribution in [3.05, 3.63) is 144 Å². The smallest absolute Gasteiger partial charge is 0.138 e. The van der Waals surface area contributed by atoms with Gasteiger partial charge in [-0.2, -0.15) is 0 Å². The van der Waals surface area contributed by atoms with E-state index in [-0.39, 0.29) is 0 Å². The molecule has 1 N–H and O–H groups in total. The van der Waals surface area contributed by atoms with Crippen LogP contribution in [-0.4, -0.2) is 21.5 Å². The maximum atomic E-state index is 4.63. The van der Waals surface area contributed by atoms with Gasteiger partial charge < -0.3 is 5.32 Å². The molecule has 192 valence electrons. The van der Waals surface area contributed by atoms with E-state index in [9.17, 15) is 0 Å². The molecule has 1 aliphatic carbocycles. The SMILES string of the molecule is Cc1cc(N(C2=CC=CCN2)c2ccccn2)ccc1C1=CC=C(N(c2ccccn2)c2ccccn2)CC1. The lowest BCUT2D eigenvalue weighted by molar-refractivity contribution is 0.845. The van der Waals surface area contributed by atoms with Crippen LogP contribution in [0.1, 0.15) is 24.0 Å². The van der Waals surface area contributed by atoms with Gasteiger partial charge in [0.15, 0.2) is 0 Å². The average Bonchev–Trinajstić information content (AvgIpc) is 3.00. The van der Waals surface area contributed by atoms with Crippen molar-refractivity contribution in [2.75, 3.05) is 16.3 Å². The zero-order valence-electron chi connectivity index (χ0n) is 21.9. The summed E-state index contributed by atoms with van der Waals surface area (Å²) in [6, 6.07) is 24.6. The van der Waals surface area contributed by atoms with Crippen molar-refractivity contribution in [1.82, 2.24) is 20.3 Å². The van der Waals surface area contributed by atoms with Gasteiger partial charge in [-0.15, -0.1) is 0 Å². The standard InChI is InChI=1S/C33H30N6/c1-25-24-28(39(32-12-4-8-22-36-32)33-13-5-9-23-37-33)18-19-29(25)26-14-16-27(17-15-26)38(30-10-2-6-20-34-30)31-11-3-7-21-35-31/h2-14,16,18-22,24,37H,15,17,23H2,1H3.